The molecule has 0 radical (unpaired) electrons. The minimum absolute atomic E-state index is 0.0527. The monoisotopic (exact) mass is 324 g/mol. The van der Waals surface area contributed by atoms with E-state index in [2.05, 4.69) is 4.98 Å². The van der Waals surface area contributed by atoms with Gasteiger partial charge in [-0.1, -0.05) is 12.1 Å². The number of hydrogen-bond acceptors (Lipinski definition) is 4. The van der Waals surface area contributed by atoms with Crippen LogP contribution in [0, 0.1) is 0 Å². The topological polar surface area (TPSA) is 62.7 Å². The van der Waals surface area contributed by atoms with Gasteiger partial charge >= 0.3 is 0 Å². The zero-order chi connectivity index (χ0) is 16.6. The number of aromatic hydroxyl groups is 1. The van der Waals surface area contributed by atoms with Gasteiger partial charge in [-0.25, -0.2) is 0 Å². The maximum Gasteiger partial charge on any atom is 0.253 e. The SMILES string of the molecule is O=C(c1ccc(-c2ncccc2O)cc1)N1CCC2(CCO2)CC1. The van der Waals surface area contributed by atoms with Crippen LogP contribution in [0.25, 0.3) is 11.3 Å². The highest BCUT2D eigenvalue weighted by Gasteiger charge is 2.41. The molecule has 24 heavy (non-hydrogen) atoms. The van der Waals surface area contributed by atoms with Gasteiger partial charge in [-0.2, -0.15) is 0 Å². The molecule has 0 atom stereocenters. The van der Waals surface area contributed by atoms with E-state index in [9.17, 15) is 9.90 Å². The van der Waals surface area contributed by atoms with Crippen LogP contribution in [0.3, 0.4) is 0 Å². The van der Waals surface area contributed by atoms with E-state index in [0.717, 1.165) is 44.5 Å². The van der Waals surface area contributed by atoms with E-state index in [0.29, 0.717) is 11.3 Å². The van der Waals surface area contributed by atoms with Gasteiger partial charge in [-0.05, 0) is 43.5 Å². The summed E-state index contributed by atoms with van der Waals surface area (Å²) in [4.78, 5) is 18.7. The quantitative estimate of drug-likeness (QED) is 0.923. The molecule has 1 amide bonds. The second kappa shape index (κ2) is 5.91. The van der Waals surface area contributed by atoms with Crippen molar-refractivity contribution in [3.05, 3.63) is 48.2 Å². The van der Waals surface area contributed by atoms with E-state index < -0.39 is 0 Å². The van der Waals surface area contributed by atoms with Gasteiger partial charge in [0.05, 0.1) is 12.2 Å². The third-order valence-electron chi connectivity index (χ3n) is 5.12. The van der Waals surface area contributed by atoms with Gasteiger partial charge in [0, 0.05) is 30.4 Å². The predicted octanol–water partition coefficient (Wildman–Crippen LogP) is 2.85. The Balaban J connectivity index is 1.47. The molecule has 3 heterocycles. The Morgan fingerprint density at radius 3 is 2.42 bits per heavy atom. The summed E-state index contributed by atoms with van der Waals surface area (Å²) in [5.74, 6) is 0.194. The largest absolute Gasteiger partial charge is 0.506 e. The first kappa shape index (κ1) is 15.1. The summed E-state index contributed by atoms with van der Waals surface area (Å²) in [6, 6.07) is 10.6. The first-order valence-electron chi connectivity index (χ1n) is 8.35. The second-order valence-corrected chi connectivity index (χ2v) is 6.52. The molecule has 2 fully saturated rings. The zero-order valence-corrected chi connectivity index (χ0v) is 13.4. The lowest BCUT2D eigenvalue weighted by Gasteiger charge is -2.47. The standard InChI is InChI=1S/C19H20N2O3/c22-16-2-1-10-20-17(16)14-3-5-15(6-4-14)18(23)21-11-7-19(8-12-21)9-13-24-19/h1-6,10,22H,7-9,11-13H2. The molecule has 2 aliphatic rings. The normalized spacial score (nSPS) is 19.1. The Hall–Kier alpha value is -2.40. The predicted molar refractivity (Wildman–Crippen MR) is 89.8 cm³/mol. The number of aromatic nitrogens is 1. The van der Waals surface area contributed by atoms with Crippen molar-refractivity contribution in [2.75, 3.05) is 19.7 Å². The lowest BCUT2D eigenvalue weighted by molar-refractivity contribution is -0.169. The number of likely N-dealkylation sites (tertiary alicyclic amines) is 1. The van der Waals surface area contributed by atoms with Crippen LogP contribution in [0.15, 0.2) is 42.6 Å². The maximum atomic E-state index is 12.7. The van der Waals surface area contributed by atoms with Crippen LogP contribution in [0.4, 0.5) is 0 Å². The molecule has 5 nitrogen and oxygen atoms in total. The third-order valence-corrected chi connectivity index (χ3v) is 5.12. The number of nitrogens with zero attached hydrogens (tertiary/aromatic N) is 2. The molecule has 5 heteroatoms. The van der Waals surface area contributed by atoms with Crippen molar-refractivity contribution in [1.82, 2.24) is 9.88 Å². The molecule has 1 aromatic heterocycles. The number of rotatable bonds is 2. The van der Waals surface area contributed by atoms with Crippen LogP contribution in [0.2, 0.25) is 0 Å². The molecule has 1 N–H and O–H groups in total. The number of amides is 1. The highest BCUT2D eigenvalue weighted by molar-refractivity contribution is 5.94. The number of hydrogen-bond donors (Lipinski definition) is 1. The Morgan fingerprint density at radius 2 is 1.83 bits per heavy atom. The molecule has 0 bridgehead atoms. The molecule has 2 saturated heterocycles. The molecule has 2 aromatic rings. The van der Waals surface area contributed by atoms with Crippen LogP contribution >= 0.6 is 0 Å². The molecule has 0 unspecified atom stereocenters. The van der Waals surface area contributed by atoms with Gasteiger partial charge in [-0.15, -0.1) is 0 Å². The summed E-state index contributed by atoms with van der Waals surface area (Å²) < 4.78 is 5.70. The fourth-order valence-electron chi connectivity index (χ4n) is 3.47. The lowest BCUT2D eigenvalue weighted by atomic mass is 9.84. The lowest BCUT2D eigenvalue weighted by Crippen LogP contribution is -2.53. The number of carbonyl (C=O) groups excluding carboxylic acids is 1. The molecule has 4 rings (SSSR count). The van der Waals surface area contributed by atoms with Crippen LogP contribution in [-0.4, -0.2) is 46.2 Å². The minimum Gasteiger partial charge on any atom is -0.506 e. The number of pyridine rings is 1. The van der Waals surface area contributed by atoms with E-state index in [4.69, 9.17) is 4.74 Å². The van der Waals surface area contributed by atoms with Gasteiger partial charge in [-0.3, -0.25) is 9.78 Å². The minimum atomic E-state index is 0.0527. The van der Waals surface area contributed by atoms with Gasteiger partial charge in [0.15, 0.2) is 0 Å². The number of piperidine rings is 1. The number of carbonyl (C=O) groups is 1. The molecular weight excluding hydrogens is 304 g/mol. The van der Waals surface area contributed by atoms with Crippen molar-refractivity contribution in [2.24, 2.45) is 0 Å². The Labute approximate surface area is 140 Å². The summed E-state index contributed by atoms with van der Waals surface area (Å²) in [5.41, 5.74) is 2.04. The highest BCUT2D eigenvalue weighted by Crippen LogP contribution is 2.37. The molecule has 0 aliphatic carbocycles. The van der Waals surface area contributed by atoms with E-state index in [1.807, 2.05) is 17.0 Å². The van der Waals surface area contributed by atoms with Crippen molar-refractivity contribution >= 4 is 5.91 Å². The van der Waals surface area contributed by atoms with Gasteiger partial charge < -0.3 is 14.7 Å². The van der Waals surface area contributed by atoms with Crippen molar-refractivity contribution in [3.8, 4) is 17.0 Å². The molecule has 124 valence electrons. The first-order valence-corrected chi connectivity index (χ1v) is 8.35. The van der Waals surface area contributed by atoms with E-state index in [1.54, 1.807) is 30.5 Å². The first-order chi connectivity index (χ1) is 11.7. The van der Waals surface area contributed by atoms with Crippen molar-refractivity contribution < 1.29 is 14.6 Å². The fourth-order valence-corrected chi connectivity index (χ4v) is 3.47. The highest BCUT2D eigenvalue weighted by atomic mass is 16.5. The number of ether oxygens (including phenoxy) is 1. The second-order valence-electron chi connectivity index (χ2n) is 6.52. The third kappa shape index (κ3) is 2.65. The Kier molecular flexibility index (Phi) is 3.73. The van der Waals surface area contributed by atoms with Crippen LogP contribution in [-0.2, 0) is 4.74 Å². The van der Waals surface area contributed by atoms with Crippen molar-refractivity contribution in [2.45, 2.75) is 24.9 Å². The molecule has 0 saturated carbocycles. The summed E-state index contributed by atoms with van der Waals surface area (Å²) in [6.07, 6.45) is 4.62. The van der Waals surface area contributed by atoms with Crippen LogP contribution in [0.5, 0.6) is 5.75 Å². The smallest absolute Gasteiger partial charge is 0.253 e. The van der Waals surface area contributed by atoms with E-state index in [1.165, 1.54) is 0 Å². The summed E-state index contributed by atoms with van der Waals surface area (Å²) in [7, 11) is 0. The van der Waals surface area contributed by atoms with Gasteiger partial charge in [0.1, 0.15) is 11.4 Å². The van der Waals surface area contributed by atoms with Crippen LogP contribution < -0.4 is 0 Å². The van der Waals surface area contributed by atoms with E-state index in [-0.39, 0.29) is 17.3 Å². The zero-order valence-electron chi connectivity index (χ0n) is 13.4. The maximum absolute atomic E-state index is 12.7. The van der Waals surface area contributed by atoms with Gasteiger partial charge in [0.25, 0.3) is 5.91 Å². The molecule has 1 spiro atoms. The Morgan fingerprint density at radius 1 is 1.12 bits per heavy atom. The Bertz CT molecular complexity index is 743. The fraction of sp³-hybridized carbons (Fsp3) is 0.368. The summed E-state index contributed by atoms with van der Waals surface area (Å²) in [6.45, 7) is 2.36. The molecule has 2 aliphatic heterocycles. The molecular formula is C19H20N2O3. The van der Waals surface area contributed by atoms with Gasteiger partial charge in [0.2, 0.25) is 0 Å². The summed E-state index contributed by atoms with van der Waals surface area (Å²) in [5, 5.41) is 9.87. The summed E-state index contributed by atoms with van der Waals surface area (Å²) >= 11 is 0. The average Bonchev–Trinajstić information content (AvgIpc) is 2.60. The average molecular weight is 324 g/mol. The van der Waals surface area contributed by atoms with Crippen molar-refractivity contribution in [3.63, 3.8) is 0 Å². The van der Waals surface area contributed by atoms with E-state index >= 15 is 0 Å². The van der Waals surface area contributed by atoms with Crippen molar-refractivity contribution in [1.29, 1.82) is 0 Å². The molecule has 1 aromatic carbocycles. The van der Waals surface area contributed by atoms with Crippen LogP contribution in [0.1, 0.15) is 29.6 Å². The number of benzene rings is 1.